The van der Waals surface area contributed by atoms with Crippen LogP contribution < -0.4 is 0 Å². The largest absolute Gasteiger partial charge is 0.206 e. The highest BCUT2D eigenvalue weighted by molar-refractivity contribution is 5.71. The third-order valence-corrected chi connectivity index (χ3v) is 5.18. The number of rotatable bonds is 5. The van der Waals surface area contributed by atoms with Gasteiger partial charge in [0, 0.05) is 5.56 Å². The molecule has 0 aromatic heterocycles. The second-order valence-electron chi connectivity index (χ2n) is 6.77. The molecule has 0 amide bonds. The van der Waals surface area contributed by atoms with Crippen LogP contribution in [0.15, 0.2) is 49.6 Å². The van der Waals surface area contributed by atoms with Crippen LogP contribution in [0.3, 0.4) is 0 Å². The van der Waals surface area contributed by atoms with Crippen molar-refractivity contribution in [1.82, 2.24) is 0 Å². The van der Waals surface area contributed by atoms with Crippen molar-refractivity contribution >= 4 is 11.1 Å². The summed E-state index contributed by atoms with van der Waals surface area (Å²) in [6.07, 6.45) is 6.52. The lowest BCUT2D eigenvalue weighted by molar-refractivity contribution is 0.623. The van der Waals surface area contributed by atoms with Crippen LogP contribution in [-0.2, 0) is 12.8 Å². The zero-order valence-electron chi connectivity index (χ0n) is 14.5. The molecule has 2 aromatic carbocycles. The van der Waals surface area contributed by atoms with Crippen molar-refractivity contribution in [2.24, 2.45) is 0 Å². The van der Waals surface area contributed by atoms with Gasteiger partial charge >= 0.3 is 0 Å². The summed E-state index contributed by atoms with van der Waals surface area (Å²) in [5, 5.41) is 0. The molecule has 0 unspecified atom stereocenters. The number of fused-ring (bicyclic) bond motifs is 1. The molecule has 0 atom stereocenters. The maximum Gasteiger partial charge on any atom is 0.130 e. The normalized spacial score (nSPS) is 13.4. The van der Waals surface area contributed by atoms with Gasteiger partial charge in [0.1, 0.15) is 5.82 Å². The van der Waals surface area contributed by atoms with Gasteiger partial charge in [-0.25, -0.2) is 4.39 Å². The molecule has 0 aliphatic heterocycles. The molecule has 0 bridgehead atoms. The smallest absolute Gasteiger partial charge is 0.130 e. The predicted molar refractivity (Wildman–Crippen MR) is 102 cm³/mol. The Kier molecular flexibility index (Phi) is 4.99. The molecule has 1 aliphatic carbocycles. The third kappa shape index (κ3) is 3.36. The fourth-order valence-corrected chi connectivity index (χ4v) is 3.71. The van der Waals surface area contributed by atoms with Crippen LogP contribution >= 0.6 is 0 Å². The SMILES string of the molecule is C=C(CCC(=C)c1ccc2c(c1C)CCCC2)c1ccccc1F. The lowest BCUT2D eigenvalue weighted by Gasteiger charge is -2.21. The first-order valence-electron chi connectivity index (χ1n) is 8.80. The highest BCUT2D eigenvalue weighted by Crippen LogP contribution is 2.32. The second kappa shape index (κ2) is 7.17. The Morgan fingerprint density at radius 2 is 1.58 bits per heavy atom. The number of hydrogen-bond donors (Lipinski definition) is 0. The van der Waals surface area contributed by atoms with Crippen molar-refractivity contribution in [3.8, 4) is 0 Å². The number of allylic oxidation sites excluding steroid dienone is 2. The second-order valence-corrected chi connectivity index (χ2v) is 6.77. The number of benzene rings is 2. The molecule has 1 heteroatoms. The monoisotopic (exact) mass is 320 g/mol. The summed E-state index contributed by atoms with van der Waals surface area (Å²) in [5.74, 6) is -0.196. The van der Waals surface area contributed by atoms with Crippen molar-refractivity contribution < 1.29 is 4.39 Å². The molecule has 0 saturated carbocycles. The van der Waals surface area contributed by atoms with E-state index in [2.05, 4.69) is 32.2 Å². The molecule has 0 radical (unpaired) electrons. The van der Waals surface area contributed by atoms with Gasteiger partial charge in [-0.15, -0.1) is 0 Å². The molecule has 3 rings (SSSR count). The summed E-state index contributed by atoms with van der Waals surface area (Å²) in [6.45, 7) is 10.6. The lowest BCUT2D eigenvalue weighted by atomic mass is 9.84. The molecule has 0 fully saturated rings. The quantitative estimate of drug-likeness (QED) is 0.588. The highest BCUT2D eigenvalue weighted by Gasteiger charge is 2.15. The van der Waals surface area contributed by atoms with E-state index < -0.39 is 0 Å². The van der Waals surface area contributed by atoms with Gasteiger partial charge in [0.2, 0.25) is 0 Å². The van der Waals surface area contributed by atoms with Gasteiger partial charge < -0.3 is 0 Å². The van der Waals surface area contributed by atoms with Crippen molar-refractivity contribution in [3.63, 3.8) is 0 Å². The van der Waals surface area contributed by atoms with Crippen molar-refractivity contribution in [3.05, 3.63) is 83.2 Å². The van der Waals surface area contributed by atoms with E-state index in [1.807, 2.05) is 6.07 Å². The average Bonchev–Trinajstić information content (AvgIpc) is 2.60. The van der Waals surface area contributed by atoms with Gasteiger partial charge in [-0.3, -0.25) is 0 Å². The minimum absolute atomic E-state index is 0.196. The van der Waals surface area contributed by atoms with Crippen LogP contribution in [-0.4, -0.2) is 0 Å². The first-order valence-corrected chi connectivity index (χ1v) is 8.80. The van der Waals surface area contributed by atoms with E-state index in [1.54, 1.807) is 12.1 Å². The average molecular weight is 320 g/mol. The van der Waals surface area contributed by atoms with Gasteiger partial charge in [0.25, 0.3) is 0 Å². The zero-order valence-corrected chi connectivity index (χ0v) is 14.5. The van der Waals surface area contributed by atoms with E-state index in [0.717, 1.165) is 24.0 Å². The Hall–Kier alpha value is -2.15. The van der Waals surface area contributed by atoms with Crippen LogP contribution in [0, 0.1) is 12.7 Å². The molecule has 2 aromatic rings. The molecular weight excluding hydrogens is 295 g/mol. The van der Waals surface area contributed by atoms with Crippen LogP contribution in [0.5, 0.6) is 0 Å². The van der Waals surface area contributed by atoms with Crippen LogP contribution in [0.2, 0.25) is 0 Å². The van der Waals surface area contributed by atoms with Crippen molar-refractivity contribution in [1.29, 1.82) is 0 Å². The van der Waals surface area contributed by atoms with Gasteiger partial charge in [0.15, 0.2) is 0 Å². The number of halogens is 1. The van der Waals surface area contributed by atoms with Gasteiger partial charge in [-0.1, -0.05) is 43.5 Å². The molecule has 0 spiro atoms. The van der Waals surface area contributed by atoms with E-state index in [0.29, 0.717) is 5.56 Å². The summed E-state index contributed by atoms with van der Waals surface area (Å²) in [7, 11) is 0. The lowest BCUT2D eigenvalue weighted by Crippen LogP contribution is -2.06. The van der Waals surface area contributed by atoms with Gasteiger partial charge in [-0.05, 0) is 84.9 Å². The molecule has 0 saturated heterocycles. The molecule has 24 heavy (non-hydrogen) atoms. The Bertz CT molecular complexity index is 783. The Balaban J connectivity index is 1.72. The summed E-state index contributed by atoms with van der Waals surface area (Å²) < 4.78 is 13.9. The molecule has 124 valence electrons. The van der Waals surface area contributed by atoms with E-state index >= 15 is 0 Å². The van der Waals surface area contributed by atoms with Crippen LogP contribution in [0.1, 0.15) is 53.5 Å². The molecule has 0 nitrogen and oxygen atoms in total. The van der Waals surface area contributed by atoms with E-state index in [9.17, 15) is 4.39 Å². The van der Waals surface area contributed by atoms with Crippen molar-refractivity contribution in [2.75, 3.05) is 0 Å². The van der Waals surface area contributed by atoms with Crippen LogP contribution in [0.25, 0.3) is 11.1 Å². The summed E-state index contributed by atoms with van der Waals surface area (Å²) in [5.41, 5.74) is 8.25. The summed E-state index contributed by atoms with van der Waals surface area (Å²) in [6, 6.07) is 11.3. The fourth-order valence-electron chi connectivity index (χ4n) is 3.71. The minimum atomic E-state index is -0.196. The Morgan fingerprint density at radius 3 is 2.33 bits per heavy atom. The van der Waals surface area contributed by atoms with Gasteiger partial charge in [-0.2, -0.15) is 0 Å². The predicted octanol–water partition coefficient (Wildman–Crippen LogP) is 6.52. The first kappa shape index (κ1) is 16.7. The highest BCUT2D eigenvalue weighted by atomic mass is 19.1. The molecule has 1 aliphatic rings. The number of aryl methyl sites for hydroxylation is 1. The van der Waals surface area contributed by atoms with Gasteiger partial charge in [0.05, 0.1) is 0 Å². The van der Waals surface area contributed by atoms with E-state index in [1.165, 1.54) is 54.0 Å². The Morgan fingerprint density at radius 1 is 0.917 bits per heavy atom. The third-order valence-electron chi connectivity index (χ3n) is 5.18. The Labute approximate surface area is 144 Å². The van der Waals surface area contributed by atoms with Crippen LogP contribution in [0.4, 0.5) is 4.39 Å². The minimum Gasteiger partial charge on any atom is -0.206 e. The molecule has 0 N–H and O–H groups in total. The van der Waals surface area contributed by atoms with E-state index in [-0.39, 0.29) is 5.82 Å². The number of hydrogen-bond acceptors (Lipinski definition) is 0. The summed E-state index contributed by atoms with van der Waals surface area (Å²) in [4.78, 5) is 0. The topological polar surface area (TPSA) is 0 Å². The first-order chi connectivity index (χ1) is 11.6. The maximum atomic E-state index is 13.9. The fraction of sp³-hybridized carbons (Fsp3) is 0.304. The van der Waals surface area contributed by atoms with E-state index in [4.69, 9.17) is 0 Å². The molecule has 0 heterocycles. The van der Waals surface area contributed by atoms with Crippen molar-refractivity contribution in [2.45, 2.75) is 45.4 Å². The molecular formula is C23H25F. The standard InChI is InChI=1S/C23H25F/c1-16(12-13-17(2)21-9-6-7-11-23(21)24)20-15-14-19-8-4-5-10-22(19)18(20)3/h6-7,9,11,14-15H,1-2,4-5,8,10,12-13H2,3H3. The summed E-state index contributed by atoms with van der Waals surface area (Å²) >= 11 is 0. The maximum absolute atomic E-state index is 13.9. The zero-order chi connectivity index (χ0) is 17.1.